The van der Waals surface area contributed by atoms with E-state index in [1.807, 2.05) is 6.92 Å². The summed E-state index contributed by atoms with van der Waals surface area (Å²) in [6.45, 7) is 1.97. The van der Waals surface area contributed by atoms with Crippen LogP contribution < -0.4 is 11.1 Å². The van der Waals surface area contributed by atoms with E-state index in [4.69, 9.17) is 5.73 Å². The van der Waals surface area contributed by atoms with Crippen LogP contribution >= 0.6 is 0 Å². The second kappa shape index (κ2) is 4.19. The molecule has 0 aliphatic heterocycles. The zero-order valence-electron chi connectivity index (χ0n) is 9.71. The van der Waals surface area contributed by atoms with Crippen molar-refractivity contribution >= 4 is 11.6 Å². The molecular formula is C12H13F3N2O. The van der Waals surface area contributed by atoms with E-state index in [2.05, 4.69) is 5.32 Å². The predicted molar refractivity (Wildman–Crippen MR) is 60.9 cm³/mol. The molecule has 3 nitrogen and oxygen atoms in total. The van der Waals surface area contributed by atoms with E-state index >= 15 is 0 Å². The molecule has 1 aliphatic carbocycles. The van der Waals surface area contributed by atoms with Gasteiger partial charge in [-0.3, -0.25) is 4.79 Å². The van der Waals surface area contributed by atoms with Crippen molar-refractivity contribution in [2.45, 2.75) is 25.6 Å². The number of amides is 1. The molecule has 98 valence electrons. The van der Waals surface area contributed by atoms with Crippen LogP contribution in [0.1, 0.15) is 29.3 Å². The summed E-state index contributed by atoms with van der Waals surface area (Å²) in [7, 11) is 0. The van der Waals surface area contributed by atoms with Crippen molar-refractivity contribution in [3.8, 4) is 0 Å². The van der Waals surface area contributed by atoms with Gasteiger partial charge in [0.05, 0.1) is 5.56 Å². The number of nitrogens with one attached hydrogen (secondary N) is 1. The van der Waals surface area contributed by atoms with Crippen LogP contribution in [0.4, 0.5) is 18.9 Å². The van der Waals surface area contributed by atoms with Crippen molar-refractivity contribution in [2.24, 2.45) is 5.92 Å². The maximum atomic E-state index is 12.6. The zero-order valence-corrected chi connectivity index (χ0v) is 9.71. The molecule has 2 unspecified atom stereocenters. The fourth-order valence-electron chi connectivity index (χ4n) is 1.72. The molecule has 0 bridgehead atoms. The molecule has 3 N–H and O–H groups in total. The summed E-state index contributed by atoms with van der Waals surface area (Å²) in [4.78, 5) is 11.7. The lowest BCUT2D eigenvalue weighted by Gasteiger charge is -2.11. The zero-order chi connectivity index (χ0) is 13.5. The minimum Gasteiger partial charge on any atom is -0.398 e. The van der Waals surface area contributed by atoms with Crippen LogP contribution in [0, 0.1) is 5.92 Å². The van der Waals surface area contributed by atoms with Crippen LogP contribution in [0.15, 0.2) is 18.2 Å². The van der Waals surface area contributed by atoms with E-state index in [1.54, 1.807) is 0 Å². The molecule has 0 aromatic heterocycles. The van der Waals surface area contributed by atoms with Gasteiger partial charge >= 0.3 is 6.18 Å². The fraction of sp³-hybridized carbons (Fsp3) is 0.417. The highest BCUT2D eigenvalue weighted by Gasteiger charge is 2.36. The van der Waals surface area contributed by atoms with Crippen LogP contribution in [0.25, 0.3) is 0 Å². The highest BCUT2D eigenvalue weighted by molar-refractivity contribution is 5.95. The summed E-state index contributed by atoms with van der Waals surface area (Å²) in [5.41, 5.74) is 3.89. The molecule has 0 radical (unpaired) electrons. The molecule has 1 amide bonds. The van der Waals surface area contributed by atoms with Gasteiger partial charge in [0.25, 0.3) is 5.91 Å². The molecule has 1 saturated carbocycles. The van der Waals surface area contributed by atoms with Crippen molar-refractivity contribution in [2.75, 3.05) is 5.73 Å². The summed E-state index contributed by atoms with van der Waals surface area (Å²) in [5, 5.41) is 2.67. The standard InChI is InChI=1S/C12H13F3N2O/c1-6-4-10(6)17-11(18)7-2-3-9(16)8(5-7)12(13,14)15/h2-3,5-6,10H,4,16H2,1H3,(H,17,18). The number of alkyl halides is 3. The number of carbonyl (C=O) groups excluding carboxylic acids is 1. The minimum atomic E-state index is -4.55. The number of carbonyl (C=O) groups is 1. The number of hydrogen-bond donors (Lipinski definition) is 2. The van der Waals surface area contributed by atoms with Gasteiger partial charge in [0.2, 0.25) is 0 Å². The summed E-state index contributed by atoms with van der Waals surface area (Å²) in [6.07, 6.45) is -3.68. The van der Waals surface area contributed by atoms with Crippen molar-refractivity contribution in [3.05, 3.63) is 29.3 Å². The molecule has 0 heterocycles. The van der Waals surface area contributed by atoms with Gasteiger partial charge in [0.15, 0.2) is 0 Å². The normalized spacial score (nSPS) is 22.7. The maximum absolute atomic E-state index is 12.6. The predicted octanol–water partition coefficient (Wildman–Crippen LogP) is 2.43. The topological polar surface area (TPSA) is 55.1 Å². The van der Waals surface area contributed by atoms with E-state index in [9.17, 15) is 18.0 Å². The van der Waals surface area contributed by atoms with E-state index in [-0.39, 0.29) is 17.3 Å². The van der Waals surface area contributed by atoms with E-state index < -0.39 is 17.6 Å². The Labute approximate surface area is 102 Å². The molecule has 2 atom stereocenters. The first-order chi connectivity index (χ1) is 8.29. The van der Waals surface area contributed by atoms with Gasteiger partial charge < -0.3 is 11.1 Å². The molecule has 0 spiro atoms. The molecule has 1 aliphatic rings. The van der Waals surface area contributed by atoms with Gasteiger partial charge in [-0.1, -0.05) is 6.92 Å². The van der Waals surface area contributed by atoms with Crippen LogP contribution in [-0.2, 0) is 6.18 Å². The highest BCUT2D eigenvalue weighted by Crippen LogP contribution is 2.34. The Morgan fingerprint density at radius 3 is 2.56 bits per heavy atom. The van der Waals surface area contributed by atoms with Gasteiger partial charge in [0, 0.05) is 17.3 Å². The van der Waals surface area contributed by atoms with Crippen molar-refractivity contribution in [1.29, 1.82) is 0 Å². The lowest BCUT2D eigenvalue weighted by molar-refractivity contribution is -0.136. The van der Waals surface area contributed by atoms with Crippen molar-refractivity contribution in [3.63, 3.8) is 0 Å². The summed E-state index contributed by atoms with van der Waals surface area (Å²) in [6, 6.07) is 3.27. The van der Waals surface area contributed by atoms with Crippen molar-refractivity contribution < 1.29 is 18.0 Å². The number of nitrogen functional groups attached to an aromatic ring is 1. The van der Waals surface area contributed by atoms with Crippen LogP contribution in [0.5, 0.6) is 0 Å². The Balaban J connectivity index is 2.21. The average molecular weight is 258 g/mol. The highest BCUT2D eigenvalue weighted by atomic mass is 19.4. The summed E-state index contributed by atoms with van der Waals surface area (Å²) < 4.78 is 37.9. The van der Waals surface area contributed by atoms with Gasteiger partial charge in [-0.2, -0.15) is 13.2 Å². The Hall–Kier alpha value is -1.72. The SMILES string of the molecule is CC1CC1NC(=O)c1ccc(N)c(C(F)(F)F)c1. The Kier molecular flexibility index (Phi) is 2.96. The smallest absolute Gasteiger partial charge is 0.398 e. The Morgan fingerprint density at radius 1 is 1.44 bits per heavy atom. The second-order valence-electron chi connectivity index (χ2n) is 4.59. The Morgan fingerprint density at radius 2 is 2.06 bits per heavy atom. The Bertz CT molecular complexity index is 485. The van der Waals surface area contributed by atoms with Gasteiger partial charge in [0.1, 0.15) is 0 Å². The largest absolute Gasteiger partial charge is 0.418 e. The molecule has 18 heavy (non-hydrogen) atoms. The monoisotopic (exact) mass is 258 g/mol. The number of rotatable bonds is 2. The lowest BCUT2D eigenvalue weighted by Crippen LogP contribution is -2.27. The third kappa shape index (κ3) is 2.57. The van der Waals surface area contributed by atoms with E-state index in [1.165, 1.54) is 6.07 Å². The first-order valence-electron chi connectivity index (χ1n) is 5.56. The van der Waals surface area contributed by atoms with Crippen LogP contribution in [0.2, 0.25) is 0 Å². The number of hydrogen-bond acceptors (Lipinski definition) is 2. The summed E-state index contributed by atoms with van der Waals surface area (Å²) in [5.74, 6) is -0.0975. The molecule has 2 rings (SSSR count). The van der Waals surface area contributed by atoms with Crippen LogP contribution in [-0.4, -0.2) is 11.9 Å². The maximum Gasteiger partial charge on any atom is 0.418 e. The fourth-order valence-corrected chi connectivity index (χ4v) is 1.72. The van der Waals surface area contributed by atoms with Gasteiger partial charge in [-0.15, -0.1) is 0 Å². The molecule has 1 aromatic carbocycles. The second-order valence-corrected chi connectivity index (χ2v) is 4.59. The number of anilines is 1. The number of halogens is 3. The number of nitrogens with two attached hydrogens (primary N) is 1. The lowest BCUT2D eigenvalue weighted by atomic mass is 10.1. The molecule has 0 saturated heterocycles. The first kappa shape index (κ1) is 12.7. The first-order valence-corrected chi connectivity index (χ1v) is 5.56. The van der Waals surface area contributed by atoms with Gasteiger partial charge in [-0.25, -0.2) is 0 Å². The van der Waals surface area contributed by atoms with Crippen LogP contribution in [0.3, 0.4) is 0 Å². The minimum absolute atomic E-state index is 0.0179. The van der Waals surface area contributed by atoms with E-state index in [0.717, 1.165) is 18.6 Å². The quantitative estimate of drug-likeness (QED) is 0.800. The summed E-state index contributed by atoms with van der Waals surface area (Å²) >= 11 is 0. The van der Waals surface area contributed by atoms with E-state index in [0.29, 0.717) is 5.92 Å². The molecule has 6 heteroatoms. The third-order valence-corrected chi connectivity index (χ3v) is 3.05. The average Bonchev–Trinajstić information content (AvgIpc) is 2.93. The van der Waals surface area contributed by atoms with Gasteiger partial charge in [-0.05, 0) is 30.5 Å². The van der Waals surface area contributed by atoms with Crippen molar-refractivity contribution in [1.82, 2.24) is 5.32 Å². The molecule has 1 fully saturated rings. The molecular weight excluding hydrogens is 245 g/mol. The third-order valence-electron chi connectivity index (χ3n) is 3.05. The molecule has 1 aromatic rings. The number of benzene rings is 1.